The first kappa shape index (κ1) is 20.7. The molecule has 3 aromatic carbocycles. The Kier molecular flexibility index (Phi) is 6.89. The number of halogens is 1. The van der Waals surface area contributed by atoms with E-state index in [2.05, 4.69) is 5.32 Å². The van der Waals surface area contributed by atoms with Gasteiger partial charge in [-0.3, -0.25) is 14.9 Å². The van der Waals surface area contributed by atoms with Gasteiger partial charge in [-0.05, 0) is 28.8 Å². The summed E-state index contributed by atoms with van der Waals surface area (Å²) in [7, 11) is 0. The van der Waals surface area contributed by atoms with Crippen LogP contribution >= 0.6 is 0 Å². The van der Waals surface area contributed by atoms with Crippen LogP contribution in [0.3, 0.4) is 0 Å². The van der Waals surface area contributed by atoms with Gasteiger partial charge in [0.25, 0.3) is 5.91 Å². The fraction of sp³-hybridized carbons (Fsp3) is 0.0870. The van der Waals surface area contributed by atoms with Gasteiger partial charge >= 0.3 is 12.0 Å². The summed E-state index contributed by atoms with van der Waals surface area (Å²) < 4.78 is 18.4. The second-order valence-corrected chi connectivity index (χ2v) is 6.38. The molecule has 0 fully saturated rings. The number of benzene rings is 3. The average Bonchev–Trinajstić information content (AvgIpc) is 2.75. The van der Waals surface area contributed by atoms with Gasteiger partial charge < -0.3 is 10.1 Å². The number of carbonyl (C=O) groups is 3. The summed E-state index contributed by atoms with van der Waals surface area (Å²) in [5.74, 6) is -2.06. The third kappa shape index (κ3) is 6.00. The molecule has 0 bridgehead atoms. The van der Waals surface area contributed by atoms with Gasteiger partial charge in [-0.25, -0.2) is 9.18 Å². The first-order chi connectivity index (χ1) is 14.5. The molecule has 0 saturated carbocycles. The van der Waals surface area contributed by atoms with Gasteiger partial charge in [-0.15, -0.1) is 0 Å². The van der Waals surface area contributed by atoms with E-state index in [0.29, 0.717) is 0 Å². The third-order valence-electron chi connectivity index (χ3n) is 4.15. The van der Waals surface area contributed by atoms with Crippen LogP contribution < -0.4 is 10.6 Å². The summed E-state index contributed by atoms with van der Waals surface area (Å²) in [6.45, 7) is -0.619. The Morgan fingerprint density at radius 1 is 0.800 bits per heavy atom. The van der Waals surface area contributed by atoms with E-state index in [1.165, 1.54) is 24.3 Å². The van der Waals surface area contributed by atoms with Crippen LogP contribution in [0.15, 0.2) is 78.9 Å². The van der Waals surface area contributed by atoms with E-state index in [0.717, 1.165) is 16.7 Å². The number of rotatable bonds is 6. The maximum absolute atomic E-state index is 13.5. The number of carbonyl (C=O) groups excluding carboxylic acids is 3. The summed E-state index contributed by atoms with van der Waals surface area (Å²) in [5, 5.41) is 4.17. The van der Waals surface area contributed by atoms with E-state index in [9.17, 15) is 18.8 Å². The largest absolute Gasteiger partial charge is 0.455 e. The number of para-hydroxylation sites is 1. The third-order valence-corrected chi connectivity index (χ3v) is 4.15. The highest BCUT2D eigenvalue weighted by Crippen LogP contribution is 2.19. The topological polar surface area (TPSA) is 84.5 Å². The van der Waals surface area contributed by atoms with Crippen LogP contribution in [0, 0.1) is 5.82 Å². The molecule has 0 saturated heterocycles. The zero-order chi connectivity index (χ0) is 21.3. The molecular weight excluding hydrogens is 387 g/mol. The van der Waals surface area contributed by atoms with Crippen molar-refractivity contribution in [1.29, 1.82) is 0 Å². The van der Waals surface area contributed by atoms with Gasteiger partial charge in [0, 0.05) is 0 Å². The van der Waals surface area contributed by atoms with E-state index in [1.54, 1.807) is 0 Å². The smallest absolute Gasteiger partial charge is 0.326 e. The highest BCUT2D eigenvalue weighted by molar-refractivity contribution is 6.01. The second-order valence-electron chi connectivity index (χ2n) is 6.38. The maximum Gasteiger partial charge on any atom is 0.326 e. The molecule has 0 aliphatic heterocycles. The van der Waals surface area contributed by atoms with Crippen molar-refractivity contribution in [3.63, 3.8) is 0 Å². The summed E-state index contributed by atoms with van der Waals surface area (Å²) in [5.41, 5.74) is 2.75. The molecule has 3 rings (SSSR count). The van der Waals surface area contributed by atoms with Gasteiger partial charge in [0.15, 0.2) is 6.61 Å². The highest BCUT2D eigenvalue weighted by Gasteiger charge is 2.13. The van der Waals surface area contributed by atoms with E-state index >= 15 is 0 Å². The quantitative estimate of drug-likeness (QED) is 0.608. The van der Waals surface area contributed by atoms with E-state index in [4.69, 9.17) is 4.74 Å². The molecule has 152 valence electrons. The van der Waals surface area contributed by atoms with Crippen LogP contribution in [0.4, 0.5) is 14.9 Å². The van der Waals surface area contributed by atoms with Crippen molar-refractivity contribution in [3.05, 3.63) is 90.2 Å². The number of amides is 3. The second kappa shape index (κ2) is 9.97. The number of urea groups is 1. The summed E-state index contributed by atoms with van der Waals surface area (Å²) >= 11 is 0. The number of anilines is 1. The molecule has 0 radical (unpaired) electrons. The Labute approximate surface area is 172 Å². The van der Waals surface area contributed by atoms with Crippen molar-refractivity contribution in [1.82, 2.24) is 5.32 Å². The fourth-order valence-corrected chi connectivity index (χ4v) is 2.69. The Hall–Kier alpha value is -4.00. The lowest BCUT2D eigenvalue weighted by atomic mass is 10.0. The molecule has 7 heteroatoms. The molecule has 30 heavy (non-hydrogen) atoms. The molecule has 0 atom stereocenters. The Morgan fingerprint density at radius 3 is 2.13 bits per heavy atom. The lowest BCUT2D eigenvalue weighted by Gasteiger charge is -2.08. The van der Waals surface area contributed by atoms with Gasteiger partial charge in [0.2, 0.25) is 0 Å². The van der Waals surface area contributed by atoms with Crippen LogP contribution in [-0.2, 0) is 20.7 Å². The number of nitrogens with one attached hydrogen (secondary N) is 2. The van der Waals surface area contributed by atoms with Crippen LogP contribution in [0.1, 0.15) is 5.56 Å². The average molecular weight is 406 g/mol. The zero-order valence-corrected chi connectivity index (χ0v) is 15.9. The minimum absolute atomic E-state index is 0.0101. The van der Waals surface area contributed by atoms with Gasteiger partial charge in [0.1, 0.15) is 5.82 Å². The number of esters is 1. The van der Waals surface area contributed by atoms with Crippen molar-refractivity contribution >= 4 is 23.6 Å². The van der Waals surface area contributed by atoms with Gasteiger partial charge in [0.05, 0.1) is 12.1 Å². The number of ether oxygens (including phenoxy) is 1. The van der Waals surface area contributed by atoms with Crippen molar-refractivity contribution in [3.8, 4) is 11.1 Å². The lowest BCUT2D eigenvalue weighted by Crippen LogP contribution is -2.37. The number of hydrogen-bond acceptors (Lipinski definition) is 4. The summed E-state index contributed by atoms with van der Waals surface area (Å²) in [6.07, 6.45) is -0.0101. The molecular formula is C23H19FN2O4. The van der Waals surface area contributed by atoms with Crippen LogP contribution in [0.25, 0.3) is 11.1 Å². The normalized spacial score (nSPS) is 10.2. The van der Waals surface area contributed by atoms with Crippen molar-refractivity contribution in [2.45, 2.75) is 6.42 Å². The lowest BCUT2D eigenvalue weighted by molar-refractivity contribution is -0.147. The monoisotopic (exact) mass is 406 g/mol. The Bertz CT molecular complexity index is 1040. The Balaban J connectivity index is 1.43. The minimum Gasteiger partial charge on any atom is -0.455 e. The van der Waals surface area contributed by atoms with Crippen molar-refractivity contribution in [2.24, 2.45) is 0 Å². The molecule has 0 aromatic heterocycles. The highest BCUT2D eigenvalue weighted by atomic mass is 19.1. The standard InChI is InChI=1S/C23H19FN2O4/c24-19-8-4-5-9-20(19)25-23(29)26-21(27)15-30-22(28)14-16-10-12-18(13-11-16)17-6-2-1-3-7-17/h1-13H,14-15H2,(H2,25,26,27,29). The maximum atomic E-state index is 13.5. The molecule has 0 unspecified atom stereocenters. The van der Waals surface area contributed by atoms with Crippen molar-refractivity contribution in [2.75, 3.05) is 11.9 Å². The molecule has 0 aliphatic rings. The Morgan fingerprint density at radius 2 is 1.43 bits per heavy atom. The number of hydrogen-bond donors (Lipinski definition) is 2. The number of imide groups is 1. The van der Waals surface area contributed by atoms with E-state index in [1.807, 2.05) is 59.9 Å². The zero-order valence-electron chi connectivity index (χ0n) is 15.9. The molecule has 3 amide bonds. The summed E-state index contributed by atoms with van der Waals surface area (Å²) in [4.78, 5) is 35.4. The SMILES string of the molecule is O=C(COC(=O)Cc1ccc(-c2ccccc2)cc1)NC(=O)Nc1ccccc1F. The molecule has 3 aromatic rings. The molecule has 0 aliphatic carbocycles. The van der Waals surface area contributed by atoms with Crippen LogP contribution in [0.2, 0.25) is 0 Å². The van der Waals surface area contributed by atoms with E-state index < -0.39 is 30.3 Å². The first-order valence-electron chi connectivity index (χ1n) is 9.16. The molecule has 0 spiro atoms. The molecule has 0 heterocycles. The van der Waals surface area contributed by atoms with Gasteiger partial charge in [-0.2, -0.15) is 0 Å². The predicted molar refractivity (Wildman–Crippen MR) is 110 cm³/mol. The van der Waals surface area contributed by atoms with Gasteiger partial charge in [-0.1, -0.05) is 66.7 Å². The minimum atomic E-state index is -0.919. The van der Waals surface area contributed by atoms with Crippen molar-refractivity contribution < 1.29 is 23.5 Å². The van der Waals surface area contributed by atoms with E-state index in [-0.39, 0.29) is 12.1 Å². The van der Waals surface area contributed by atoms with Crippen LogP contribution in [-0.4, -0.2) is 24.5 Å². The first-order valence-corrected chi connectivity index (χ1v) is 9.16. The molecule has 6 nitrogen and oxygen atoms in total. The predicted octanol–water partition coefficient (Wildman–Crippen LogP) is 3.93. The molecule has 2 N–H and O–H groups in total. The summed E-state index contributed by atoms with van der Waals surface area (Å²) in [6, 6.07) is 21.8. The fourth-order valence-electron chi connectivity index (χ4n) is 2.69. The van der Waals surface area contributed by atoms with Crippen LogP contribution in [0.5, 0.6) is 0 Å².